The van der Waals surface area contributed by atoms with Crippen LogP contribution in [0.15, 0.2) is 34.1 Å². The van der Waals surface area contributed by atoms with Gasteiger partial charge in [-0.2, -0.15) is 0 Å². The Labute approximate surface area is 163 Å². The summed E-state index contributed by atoms with van der Waals surface area (Å²) >= 11 is 5.24. The number of nitrogens with one attached hydrogen (secondary N) is 1. The predicted octanol–water partition coefficient (Wildman–Crippen LogP) is 3.94. The molecule has 1 amide bonds. The highest BCUT2D eigenvalue weighted by atomic mass is 79.9. The largest absolute Gasteiger partial charge is 0.326 e. The van der Waals surface area contributed by atoms with Crippen LogP contribution in [0.3, 0.4) is 0 Å². The number of carbonyl (C=O) groups excluding carboxylic acids is 1. The van der Waals surface area contributed by atoms with Gasteiger partial charge in [-0.1, -0.05) is 0 Å². The van der Waals surface area contributed by atoms with Crippen molar-refractivity contribution in [1.29, 1.82) is 0 Å². The highest BCUT2D eigenvalue weighted by Crippen LogP contribution is 2.23. The molecule has 1 fully saturated rings. The Morgan fingerprint density at radius 2 is 1.81 bits per heavy atom. The molecule has 2 aromatic rings. The van der Waals surface area contributed by atoms with Crippen LogP contribution in [0.4, 0.5) is 14.5 Å². The number of rotatable bonds is 6. The van der Waals surface area contributed by atoms with E-state index in [1.807, 2.05) is 0 Å². The van der Waals surface area contributed by atoms with Crippen molar-refractivity contribution in [3.63, 3.8) is 0 Å². The van der Waals surface area contributed by atoms with Gasteiger partial charge in [-0.25, -0.2) is 8.78 Å². The van der Waals surface area contributed by atoms with Crippen LogP contribution in [0.1, 0.15) is 11.3 Å². The standard InChI is InChI=1S/C18H20BrF2N3OS/c19-17-4-2-14(26-17)12-24-9-7-23(8-10-24)6-5-18(25)22-13-1-3-15(20)16(21)11-13/h1-4,11H,5-10,12H2,(H,22,25). The molecule has 26 heavy (non-hydrogen) atoms. The molecule has 0 atom stereocenters. The van der Waals surface area contributed by atoms with Crippen molar-refractivity contribution in [2.75, 3.05) is 38.0 Å². The minimum atomic E-state index is -0.961. The van der Waals surface area contributed by atoms with Gasteiger partial charge in [0.05, 0.1) is 3.79 Å². The lowest BCUT2D eigenvalue weighted by molar-refractivity contribution is -0.116. The van der Waals surface area contributed by atoms with Gasteiger partial charge in [-0.15, -0.1) is 11.3 Å². The SMILES string of the molecule is O=C(CCN1CCN(Cc2ccc(Br)s2)CC1)Nc1ccc(F)c(F)c1. The zero-order valence-corrected chi connectivity index (χ0v) is 16.6. The first-order valence-corrected chi connectivity index (χ1v) is 10.0. The van der Waals surface area contributed by atoms with Gasteiger partial charge >= 0.3 is 0 Å². The van der Waals surface area contributed by atoms with Crippen LogP contribution >= 0.6 is 27.3 Å². The Morgan fingerprint density at radius 3 is 2.46 bits per heavy atom. The van der Waals surface area contributed by atoms with Gasteiger partial charge < -0.3 is 10.2 Å². The van der Waals surface area contributed by atoms with E-state index in [0.29, 0.717) is 13.0 Å². The van der Waals surface area contributed by atoms with E-state index < -0.39 is 11.6 Å². The molecule has 8 heteroatoms. The summed E-state index contributed by atoms with van der Waals surface area (Å²) in [7, 11) is 0. The first-order valence-electron chi connectivity index (χ1n) is 8.43. The number of piperazine rings is 1. The van der Waals surface area contributed by atoms with Crippen LogP contribution in [-0.2, 0) is 11.3 Å². The minimum Gasteiger partial charge on any atom is -0.326 e. The van der Waals surface area contributed by atoms with Crippen LogP contribution in [0, 0.1) is 11.6 Å². The molecule has 3 rings (SSSR count). The average Bonchev–Trinajstić information content (AvgIpc) is 3.02. The Hall–Kier alpha value is -1.35. The Morgan fingerprint density at radius 1 is 1.08 bits per heavy atom. The molecule has 1 N–H and O–H groups in total. The highest BCUT2D eigenvalue weighted by Gasteiger charge is 2.18. The lowest BCUT2D eigenvalue weighted by atomic mass is 10.2. The second-order valence-electron chi connectivity index (χ2n) is 6.25. The normalized spacial score (nSPS) is 16.0. The van der Waals surface area contributed by atoms with Crippen molar-refractivity contribution in [2.24, 2.45) is 0 Å². The molecule has 2 heterocycles. The van der Waals surface area contributed by atoms with E-state index in [-0.39, 0.29) is 11.6 Å². The molecule has 0 unspecified atom stereocenters. The van der Waals surface area contributed by atoms with Gasteiger partial charge in [0.2, 0.25) is 5.91 Å². The third-order valence-electron chi connectivity index (χ3n) is 4.33. The summed E-state index contributed by atoms with van der Waals surface area (Å²) in [5.74, 6) is -2.07. The van der Waals surface area contributed by atoms with Gasteiger partial charge in [-0.05, 0) is 40.2 Å². The third-order valence-corrected chi connectivity index (χ3v) is 5.94. The second kappa shape index (κ2) is 9.03. The molecule has 0 radical (unpaired) electrons. The van der Waals surface area contributed by atoms with Crippen LogP contribution in [0.25, 0.3) is 0 Å². The van der Waals surface area contributed by atoms with Gasteiger partial charge in [-0.3, -0.25) is 9.69 Å². The van der Waals surface area contributed by atoms with Crippen molar-refractivity contribution in [3.05, 3.63) is 50.6 Å². The fourth-order valence-electron chi connectivity index (χ4n) is 2.89. The fourth-order valence-corrected chi connectivity index (χ4v) is 4.41. The van der Waals surface area contributed by atoms with E-state index in [1.165, 1.54) is 10.9 Å². The summed E-state index contributed by atoms with van der Waals surface area (Å²) in [6.07, 6.45) is 0.330. The zero-order chi connectivity index (χ0) is 18.5. The maximum absolute atomic E-state index is 13.2. The Bertz CT molecular complexity index is 763. The van der Waals surface area contributed by atoms with Crippen molar-refractivity contribution < 1.29 is 13.6 Å². The van der Waals surface area contributed by atoms with Gasteiger partial charge in [0.15, 0.2) is 11.6 Å². The summed E-state index contributed by atoms with van der Waals surface area (Å²) < 4.78 is 27.2. The molecule has 4 nitrogen and oxygen atoms in total. The first kappa shape index (κ1) is 19.4. The minimum absolute atomic E-state index is 0.193. The van der Waals surface area contributed by atoms with Crippen molar-refractivity contribution in [3.8, 4) is 0 Å². The number of halogens is 3. The van der Waals surface area contributed by atoms with E-state index in [4.69, 9.17) is 0 Å². The third kappa shape index (κ3) is 5.57. The van der Waals surface area contributed by atoms with E-state index in [2.05, 4.69) is 43.2 Å². The van der Waals surface area contributed by atoms with Crippen molar-refractivity contribution in [2.45, 2.75) is 13.0 Å². The van der Waals surface area contributed by atoms with Gasteiger partial charge in [0.25, 0.3) is 0 Å². The van der Waals surface area contributed by atoms with Crippen molar-refractivity contribution in [1.82, 2.24) is 9.80 Å². The van der Waals surface area contributed by atoms with E-state index in [9.17, 15) is 13.6 Å². The summed E-state index contributed by atoms with van der Waals surface area (Å²) in [5, 5.41) is 2.61. The number of amides is 1. The van der Waals surface area contributed by atoms with Crippen LogP contribution in [0.2, 0.25) is 0 Å². The molecular weight excluding hydrogens is 424 g/mol. The number of carbonyl (C=O) groups is 1. The topological polar surface area (TPSA) is 35.6 Å². The molecule has 0 aliphatic carbocycles. The molecule has 1 aliphatic rings. The number of hydrogen-bond donors (Lipinski definition) is 1. The first-order chi connectivity index (χ1) is 12.5. The van der Waals surface area contributed by atoms with E-state index in [1.54, 1.807) is 11.3 Å². The van der Waals surface area contributed by atoms with Crippen molar-refractivity contribution >= 4 is 38.9 Å². The summed E-state index contributed by atoms with van der Waals surface area (Å²) in [5.41, 5.74) is 0.279. The molecule has 1 aromatic heterocycles. The number of hydrogen-bond acceptors (Lipinski definition) is 4. The maximum atomic E-state index is 13.2. The number of thiophene rings is 1. The summed E-state index contributed by atoms with van der Waals surface area (Å²) in [6.45, 7) is 5.41. The smallest absolute Gasteiger partial charge is 0.225 e. The number of benzene rings is 1. The fraction of sp³-hybridized carbons (Fsp3) is 0.389. The predicted molar refractivity (Wildman–Crippen MR) is 103 cm³/mol. The number of anilines is 1. The second-order valence-corrected chi connectivity index (χ2v) is 8.80. The van der Waals surface area contributed by atoms with Gasteiger partial charge in [0, 0.05) is 62.3 Å². The lowest BCUT2D eigenvalue weighted by Gasteiger charge is -2.34. The molecule has 140 valence electrons. The monoisotopic (exact) mass is 443 g/mol. The summed E-state index contributed by atoms with van der Waals surface area (Å²) in [4.78, 5) is 18.0. The van der Waals surface area contributed by atoms with E-state index in [0.717, 1.165) is 48.6 Å². The molecule has 1 aromatic carbocycles. The molecule has 0 spiro atoms. The lowest BCUT2D eigenvalue weighted by Crippen LogP contribution is -2.46. The maximum Gasteiger partial charge on any atom is 0.225 e. The van der Waals surface area contributed by atoms with Crippen LogP contribution in [0.5, 0.6) is 0 Å². The summed E-state index contributed by atoms with van der Waals surface area (Å²) in [6, 6.07) is 7.58. The van der Waals surface area contributed by atoms with Gasteiger partial charge in [0.1, 0.15) is 0 Å². The van der Waals surface area contributed by atoms with Crippen LogP contribution in [-0.4, -0.2) is 48.4 Å². The molecule has 0 bridgehead atoms. The van der Waals surface area contributed by atoms with Crippen LogP contribution < -0.4 is 5.32 Å². The molecule has 0 saturated carbocycles. The molecule has 1 aliphatic heterocycles. The Balaban J connectivity index is 1.37. The molecular formula is C18H20BrF2N3OS. The highest BCUT2D eigenvalue weighted by molar-refractivity contribution is 9.11. The quantitative estimate of drug-likeness (QED) is 0.734. The van der Waals surface area contributed by atoms with E-state index >= 15 is 0 Å². The number of nitrogens with zero attached hydrogens (tertiary/aromatic N) is 2. The average molecular weight is 444 g/mol. The molecule has 1 saturated heterocycles. The zero-order valence-electron chi connectivity index (χ0n) is 14.2. The Kier molecular flexibility index (Phi) is 6.74.